The summed E-state index contributed by atoms with van der Waals surface area (Å²) in [5, 5.41) is 24.0. The van der Waals surface area contributed by atoms with E-state index >= 15 is 0 Å². The summed E-state index contributed by atoms with van der Waals surface area (Å²) in [6.45, 7) is 4.72. The van der Waals surface area contributed by atoms with Crippen molar-refractivity contribution in [3.05, 3.63) is 58.1 Å². The Morgan fingerprint density at radius 2 is 1.18 bits per heavy atom. The van der Waals surface area contributed by atoms with Crippen molar-refractivity contribution < 1.29 is 0 Å². The van der Waals surface area contributed by atoms with Crippen LogP contribution in [0.3, 0.4) is 0 Å². The van der Waals surface area contributed by atoms with E-state index in [1.807, 2.05) is 13.8 Å². The lowest BCUT2D eigenvalue weighted by atomic mass is 10.1. The molecule has 34 heavy (non-hydrogen) atoms. The summed E-state index contributed by atoms with van der Waals surface area (Å²) in [7, 11) is 0. The molecule has 0 aliphatic rings. The number of fused-ring (bicyclic) bond motifs is 2. The molecule has 4 aromatic heterocycles. The average molecular weight is 462 g/mol. The van der Waals surface area contributed by atoms with Crippen LogP contribution in [0.4, 0.5) is 0 Å². The van der Waals surface area contributed by atoms with Gasteiger partial charge in [-0.2, -0.15) is 9.59 Å². The molecule has 5 rings (SSSR count). The Morgan fingerprint density at radius 1 is 0.735 bits per heavy atom. The van der Waals surface area contributed by atoms with E-state index in [0.29, 0.717) is 47.7 Å². The molecule has 1 aromatic carbocycles. The summed E-state index contributed by atoms with van der Waals surface area (Å²) in [6.07, 6.45) is 7.05. The van der Waals surface area contributed by atoms with Crippen LogP contribution in [0.5, 0.6) is 0 Å². The summed E-state index contributed by atoms with van der Waals surface area (Å²) < 4.78 is 3.13. The summed E-state index contributed by atoms with van der Waals surface area (Å²) >= 11 is 0. The summed E-state index contributed by atoms with van der Waals surface area (Å²) in [6, 6.07) is 2.85. The highest BCUT2D eigenvalue weighted by Crippen LogP contribution is 2.19. The van der Waals surface area contributed by atoms with E-state index in [4.69, 9.17) is 0 Å². The highest BCUT2D eigenvalue weighted by molar-refractivity contribution is 5.93. The number of aromatic nitrogens is 12. The van der Waals surface area contributed by atoms with Crippen LogP contribution in [-0.2, 0) is 13.1 Å². The minimum Gasteiger partial charge on any atom is -0.294 e. The Morgan fingerprint density at radius 3 is 1.53 bits per heavy atom. The van der Waals surface area contributed by atoms with E-state index < -0.39 is 0 Å². The molecular weight excluding hydrogens is 440 g/mol. The second kappa shape index (κ2) is 8.88. The van der Waals surface area contributed by atoms with Crippen LogP contribution in [0.25, 0.3) is 21.8 Å². The van der Waals surface area contributed by atoms with Gasteiger partial charge in [0.2, 0.25) is 0 Å². The third-order valence-corrected chi connectivity index (χ3v) is 5.95. The largest absolute Gasteiger partial charge is 0.294 e. The first-order valence-corrected chi connectivity index (χ1v) is 10.9. The van der Waals surface area contributed by atoms with Gasteiger partial charge in [0.1, 0.15) is 0 Å². The van der Waals surface area contributed by atoms with Crippen molar-refractivity contribution in [2.75, 3.05) is 0 Å². The van der Waals surface area contributed by atoms with Crippen LogP contribution in [0.15, 0.2) is 47.0 Å². The maximum atomic E-state index is 13.3. The van der Waals surface area contributed by atoms with E-state index in [0.717, 1.165) is 0 Å². The van der Waals surface area contributed by atoms with Gasteiger partial charge in [-0.1, -0.05) is 13.8 Å². The second-order valence-electron chi connectivity index (χ2n) is 7.91. The Balaban J connectivity index is 1.56. The lowest BCUT2D eigenvalue weighted by Crippen LogP contribution is -2.29. The molecule has 174 valence electrons. The topological polar surface area (TPSA) is 157 Å². The number of hydrogen-bond donors (Lipinski definition) is 0. The molecule has 4 heterocycles. The monoisotopic (exact) mass is 462 g/mol. The predicted molar refractivity (Wildman–Crippen MR) is 120 cm³/mol. The van der Waals surface area contributed by atoms with Gasteiger partial charge in [0.05, 0.1) is 59.6 Å². The fourth-order valence-electron chi connectivity index (χ4n) is 4.03. The van der Waals surface area contributed by atoms with Gasteiger partial charge in [0.25, 0.3) is 11.1 Å². The first-order valence-electron chi connectivity index (χ1n) is 10.9. The van der Waals surface area contributed by atoms with Crippen molar-refractivity contribution in [1.82, 2.24) is 59.5 Å². The molecule has 0 fully saturated rings. The van der Waals surface area contributed by atoms with Gasteiger partial charge in [0, 0.05) is 0 Å². The second-order valence-corrected chi connectivity index (χ2v) is 7.91. The fraction of sp³-hybridized carbons (Fsp3) is 0.400. The van der Waals surface area contributed by atoms with Crippen LogP contribution < -0.4 is 11.1 Å². The first-order chi connectivity index (χ1) is 16.6. The molecule has 0 N–H and O–H groups in total. The van der Waals surface area contributed by atoms with Crippen molar-refractivity contribution in [2.24, 2.45) is 0 Å². The smallest absolute Gasteiger partial charge is 0.261 e. The maximum Gasteiger partial charge on any atom is 0.261 e. The van der Waals surface area contributed by atoms with Crippen LogP contribution in [0, 0.1) is 0 Å². The number of rotatable bonds is 8. The molecular formula is C20H22N12O2. The van der Waals surface area contributed by atoms with Gasteiger partial charge in [-0.25, -0.2) is 9.97 Å². The van der Waals surface area contributed by atoms with E-state index in [1.165, 1.54) is 34.9 Å². The van der Waals surface area contributed by atoms with E-state index in [2.05, 4.69) is 40.8 Å². The molecule has 0 aliphatic heterocycles. The summed E-state index contributed by atoms with van der Waals surface area (Å²) in [4.78, 5) is 38.4. The Labute approximate surface area is 191 Å². The molecule has 0 amide bonds. The molecule has 14 nitrogen and oxygen atoms in total. The van der Waals surface area contributed by atoms with Gasteiger partial charge in [-0.3, -0.25) is 18.7 Å². The molecule has 0 bridgehead atoms. The minimum absolute atomic E-state index is 0.203. The fourth-order valence-corrected chi connectivity index (χ4v) is 4.03. The van der Waals surface area contributed by atoms with Crippen LogP contribution in [0.2, 0.25) is 0 Å². The Kier molecular flexibility index (Phi) is 5.61. The third-order valence-electron chi connectivity index (χ3n) is 5.95. The van der Waals surface area contributed by atoms with Crippen molar-refractivity contribution in [3.63, 3.8) is 0 Å². The number of hydrogen-bond acceptors (Lipinski definition) is 10. The first kappa shape index (κ1) is 21.5. The SMILES string of the molecule is CC[C@H](Cn1ncnn1)n1cnc2cc3c(=O)n([C@H](CC)Cn4ncnn4)cnc3cc2c1=O. The zero-order valence-corrected chi connectivity index (χ0v) is 18.6. The lowest BCUT2D eigenvalue weighted by Gasteiger charge is -2.18. The number of benzene rings is 1. The molecule has 2 atom stereocenters. The number of tetrazole rings is 2. The van der Waals surface area contributed by atoms with E-state index in [1.54, 1.807) is 21.3 Å². The highest BCUT2D eigenvalue weighted by atomic mass is 16.1. The quantitative estimate of drug-likeness (QED) is 0.295. The van der Waals surface area contributed by atoms with Gasteiger partial charge in [0.15, 0.2) is 12.7 Å². The third kappa shape index (κ3) is 3.82. The van der Waals surface area contributed by atoms with Gasteiger partial charge in [-0.15, -0.1) is 20.4 Å². The lowest BCUT2D eigenvalue weighted by molar-refractivity contribution is 0.357. The molecule has 5 aromatic rings. The standard InChI is InChI=1S/C20H22N12O2/c1-3-13(7-31-25-9-23-27-31)29-11-21-17-6-16-18(5-15(17)19(29)33)22-12-30(20(16)34)14(4-2)8-32-26-10-24-28-32/h5-6,9-14H,3-4,7-8H2,1-2H3/t13-,14-/m1/s1. The van der Waals surface area contributed by atoms with Gasteiger partial charge < -0.3 is 0 Å². The molecule has 14 heteroatoms. The zero-order chi connectivity index (χ0) is 23.7. The summed E-state index contributed by atoms with van der Waals surface area (Å²) in [5.74, 6) is 0. The molecule has 0 radical (unpaired) electrons. The van der Waals surface area contributed by atoms with Gasteiger partial charge >= 0.3 is 0 Å². The maximum absolute atomic E-state index is 13.3. The van der Waals surface area contributed by atoms with Crippen molar-refractivity contribution in [3.8, 4) is 0 Å². The van der Waals surface area contributed by atoms with Crippen LogP contribution in [-0.4, -0.2) is 59.5 Å². The normalized spacial score (nSPS) is 13.5. The average Bonchev–Trinajstić information content (AvgIpc) is 3.56. The molecule has 0 saturated carbocycles. The Bertz CT molecular complexity index is 1420. The van der Waals surface area contributed by atoms with E-state index in [-0.39, 0.29) is 23.2 Å². The highest BCUT2D eigenvalue weighted by Gasteiger charge is 2.18. The van der Waals surface area contributed by atoms with E-state index in [9.17, 15) is 9.59 Å². The van der Waals surface area contributed by atoms with Gasteiger partial charge in [-0.05, 0) is 35.4 Å². The summed E-state index contributed by atoms with van der Waals surface area (Å²) in [5.41, 5.74) is 0.442. The molecule has 0 aliphatic carbocycles. The molecule has 0 spiro atoms. The zero-order valence-electron chi connectivity index (χ0n) is 18.6. The Hall–Kier alpha value is -4.36. The van der Waals surface area contributed by atoms with Crippen LogP contribution >= 0.6 is 0 Å². The molecule has 0 saturated heterocycles. The number of nitrogens with zero attached hydrogens (tertiary/aromatic N) is 12. The van der Waals surface area contributed by atoms with Crippen LogP contribution in [0.1, 0.15) is 38.8 Å². The minimum atomic E-state index is -0.214. The van der Waals surface area contributed by atoms with Crippen molar-refractivity contribution in [1.29, 1.82) is 0 Å². The van der Waals surface area contributed by atoms with Crippen molar-refractivity contribution >= 4 is 21.8 Å². The van der Waals surface area contributed by atoms with Crippen molar-refractivity contribution in [2.45, 2.75) is 51.9 Å². The molecule has 0 unspecified atom stereocenters. The predicted octanol–water partition coefficient (Wildman–Crippen LogP) is 0.382.